The average molecular weight is 361 g/mol. The van der Waals surface area contributed by atoms with E-state index in [1.165, 1.54) is 53.9 Å². The van der Waals surface area contributed by atoms with Crippen LogP contribution in [0, 0.1) is 0 Å². The molecule has 0 saturated carbocycles. The third-order valence-electron chi connectivity index (χ3n) is 4.04. The Kier molecular flexibility index (Phi) is 4.22. The maximum atomic E-state index is 12.9. The lowest BCUT2D eigenvalue weighted by atomic mass is 10.1. The first-order valence-electron chi connectivity index (χ1n) is 7.42. The van der Waals surface area contributed by atoms with E-state index >= 15 is 0 Å². The van der Waals surface area contributed by atoms with Gasteiger partial charge in [-0.15, -0.1) is 0 Å². The average Bonchev–Trinajstić information content (AvgIpc) is 3.05. The van der Waals surface area contributed by atoms with E-state index < -0.39 is 22.0 Å². The van der Waals surface area contributed by atoms with Crippen LogP contribution in [0.5, 0.6) is 0 Å². The lowest BCUT2D eigenvalue weighted by Crippen LogP contribution is -2.29. The standard InChI is InChI=1S/C17H15NO6S/c1-24-17(21)11-2-5-14(6-3-11)25(22,23)18-9-8-12-10-13(16(19)20)4-7-15(12)18/h2-7,10H,8-9H2,1H3,(H,19,20). The minimum atomic E-state index is -3.80. The van der Waals surface area contributed by atoms with Gasteiger partial charge in [0.15, 0.2) is 0 Å². The number of hydrogen-bond acceptors (Lipinski definition) is 5. The molecule has 0 fully saturated rings. The van der Waals surface area contributed by atoms with Gasteiger partial charge in [-0.3, -0.25) is 4.31 Å². The number of anilines is 1. The molecule has 1 aliphatic rings. The number of nitrogens with zero attached hydrogens (tertiary/aromatic N) is 1. The zero-order valence-corrected chi connectivity index (χ0v) is 14.1. The van der Waals surface area contributed by atoms with Crippen molar-refractivity contribution in [1.29, 1.82) is 0 Å². The Balaban J connectivity index is 1.95. The van der Waals surface area contributed by atoms with Gasteiger partial charge >= 0.3 is 11.9 Å². The van der Waals surface area contributed by atoms with Crippen LogP contribution in [0.15, 0.2) is 47.4 Å². The first kappa shape index (κ1) is 17.0. The molecule has 130 valence electrons. The van der Waals surface area contributed by atoms with Crippen LogP contribution in [0.2, 0.25) is 0 Å². The van der Waals surface area contributed by atoms with Crippen molar-refractivity contribution in [3.05, 3.63) is 59.2 Å². The smallest absolute Gasteiger partial charge is 0.337 e. The Bertz CT molecular complexity index is 950. The van der Waals surface area contributed by atoms with E-state index in [9.17, 15) is 18.0 Å². The summed E-state index contributed by atoms with van der Waals surface area (Å²) in [6, 6.07) is 9.87. The predicted molar refractivity (Wildman–Crippen MR) is 89.4 cm³/mol. The summed E-state index contributed by atoms with van der Waals surface area (Å²) in [4.78, 5) is 22.5. The van der Waals surface area contributed by atoms with Crippen molar-refractivity contribution < 1.29 is 27.9 Å². The summed E-state index contributed by atoms with van der Waals surface area (Å²) in [5.41, 5.74) is 1.53. The molecule has 1 heterocycles. The topological polar surface area (TPSA) is 101 Å². The van der Waals surface area contributed by atoms with E-state index in [0.717, 1.165) is 0 Å². The third-order valence-corrected chi connectivity index (χ3v) is 5.87. The van der Waals surface area contributed by atoms with E-state index in [0.29, 0.717) is 17.7 Å². The van der Waals surface area contributed by atoms with Crippen molar-refractivity contribution in [3.8, 4) is 0 Å². The predicted octanol–water partition coefficient (Wildman–Crippen LogP) is 1.92. The van der Waals surface area contributed by atoms with Crippen LogP contribution in [0.25, 0.3) is 0 Å². The molecule has 25 heavy (non-hydrogen) atoms. The highest BCUT2D eigenvalue weighted by Gasteiger charge is 2.31. The van der Waals surface area contributed by atoms with Crippen LogP contribution in [0.3, 0.4) is 0 Å². The van der Waals surface area contributed by atoms with E-state index in [4.69, 9.17) is 5.11 Å². The van der Waals surface area contributed by atoms with Gasteiger partial charge in [0.2, 0.25) is 0 Å². The molecule has 0 bridgehead atoms. The van der Waals surface area contributed by atoms with E-state index in [1.54, 1.807) is 0 Å². The number of benzene rings is 2. The highest BCUT2D eigenvalue weighted by Crippen LogP contribution is 2.33. The Labute approximate surface area is 144 Å². The van der Waals surface area contributed by atoms with Crippen molar-refractivity contribution in [2.45, 2.75) is 11.3 Å². The van der Waals surface area contributed by atoms with Crippen LogP contribution in [0.4, 0.5) is 5.69 Å². The molecule has 2 aromatic carbocycles. The van der Waals surface area contributed by atoms with Crippen molar-refractivity contribution >= 4 is 27.6 Å². The summed E-state index contributed by atoms with van der Waals surface area (Å²) in [6.07, 6.45) is 0.440. The fraction of sp³-hybridized carbons (Fsp3) is 0.176. The monoisotopic (exact) mass is 361 g/mol. The molecule has 2 aromatic rings. The van der Waals surface area contributed by atoms with Gasteiger partial charge in [-0.1, -0.05) is 0 Å². The van der Waals surface area contributed by atoms with Crippen LogP contribution >= 0.6 is 0 Å². The van der Waals surface area contributed by atoms with Gasteiger partial charge in [0.05, 0.1) is 28.8 Å². The van der Waals surface area contributed by atoms with E-state index in [1.807, 2.05) is 0 Å². The fourth-order valence-electron chi connectivity index (χ4n) is 2.76. The molecular formula is C17H15NO6S. The maximum Gasteiger partial charge on any atom is 0.337 e. The van der Waals surface area contributed by atoms with Gasteiger partial charge in [0.1, 0.15) is 0 Å². The number of carbonyl (C=O) groups excluding carboxylic acids is 1. The summed E-state index contributed by atoms with van der Waals surface area (Å²) in [6.45, 7) is 0.236. The second kappa shape index (κ2) is 6.21. The first-order chi connectivity index (χ1) is 11.8. The molecule has 0 amide bonds. The van der Waals surface area contributed by atoms with Crippen molar-refractivity contribution in [1.82, 2.24) is 0 Å². The summed E-state index contributed by atoms with van der Waals surface area (Å²) < 4.78 is 31.6. The third kappa shape index (κ3) is 2.96. The number of fused-ring (bicyclic) bond motifs is 1. The fourth-order valence-corrected chi connectivity index (χ4v) is 4.27. The molecule has 3 rings (SSSR count). The zero-order valence-electron chi connectivity index (χ0n) is 13.3. The summed E-state index contributed by atoms with van der Waals surface area (Å²) >= 11 is 0. The molecule has 0 aromatic heterocycles. The van der Waals surface area contributed by atoms with Gasteiger partial charge < -0.3 is 9.84 Å². The second-order valence-corrected chi connectivity index (χ2v) is 7.35. The molecule has 7 nitrogen and oxygen atoms in total. The van der Waals surface area contributed by atoms with Crippen LogP contribution in [-0.4, -0.2) is 39.1 Å². The highest BCUT2D eigenvalue weighted by molar-refractivity contribution is 7.92. The number of sulfonamides is 1. The maximum absolute atomic E-state index is 12.9. The van der Waals surface area contributed by atoms with Crippen molar-refractivity contribution in [3.63, 3.8) is 0 Å². The van der Waals surface area contributed by atoms with Gasteiger partial charge in [-0.25, -0.2) is 18.0 Å². The molecular weight excluding hydrogens is 346 g/mol. The quantitative estimate of drug-likeness (QED) is 0.835. The lowest BCUT2D eigenvalue weighted by molar-refractivity contribution is 0.0599. The number of hydrogen-bond donors (Lipinski definition) is 1. The van der Waals surface area contributed by atoms with Gasteiger partial charge in [0, 0.05) is 6.54 Å². The van der Waals surface area contributed by atoms with Crippen molar-refractivity contribution in [2.75, 3.05) is 18.0 Å². The van der Waals surface area contributed by atoms with Gasteiger partial charge in [-0.2, -0.15) is 0 Å². The molecule has 0 unspecified atom stereocenters. The molecule has 8 heteroatoms. The Morgan fingerprint density at radius 3 is 2.32 bits per heavy atom. The molecule has 0 atom stereocenters. The molecule has 0 saturated heterocycles. The number of carbonyl (C=O) groups is 2. The Hall–Kier alpha value is -2.87. The number of carboxylic acids is 1. The number of methoxy groups -OCH3 is 1. The highest BCUT2D eigenvalue weighted by atomic mass is 32.2. The number of ether oxygens (including phenoxy) is 1. The Morgan fingerprint density at radius 1 is 1.08 bits per heavy atom. The van der Waals surface area contributed by atoms with Crippen molar-refractivity contribution in [2.24, 2.45) is 0 Å². The lowest BCUT2D eigenvalue weighted by Gasteiger charge is -2.19. The van der Waals surface area contributed by atoms with Crippen LogP contribution in [0.1, 0.15) is 26.3 Å². The number of aromatic carboxylic acids is 1. The van der Waals surface area contributed by atoms with Gasteiger partial charge in [0.25, 0.3) is 10.0 Å². The second-order valence-electron chi connectivity index (χ2n) is 5.49. The number of carboxylic acid groups (broad SMARTS) is 1. The summed E-state index contributed by atoms with van der Waals surface area (Å²) in [7, 11) is -2.55. The minimum absolute atomic E-state index is 0.0512. The molecule has 1 aliphatic heterocycles. The molecule has 0 spiro atoms. The Morgan fingerprint density at radius 2 is 1.72 bits per heavy atom. The van der Waals surface area contributed by atoms with Crippen LogP contribution < -0.4 is 4.31 Å². The largest absolute Gasteiger partial charge is 0.478 e. The van der Waals surface area contributed by atoms with E-state index in [2.05, 4.69) is 4.74 Å². The van der Waals surface area contributed by atoms with E-state index in [-0.39, 0.29) is 22.6 Å². The SMILES string of the molecule is COC(=O)c1ccc(S(=O)(=O)N2CCc3cc(C(=O)O)ccc32)cc1. The summed E-state index contributed by atoms with van der Waals surface area (Å²) in [5, 5.41) is 9.04. The first-order valence-corrected chi connectivity index (χ1v) is 8.86. The zero-order chi connectivity index (χ0) is 18.2. The molecule has 1 N–H and O–H groups in total. The molecule has 0 aliphatic carbocycles. The normalized spacial score (nSPS) is 13.4. The summed E-state index contributed by atoms with van der Waals surface area (Å²) in [5.74, 6) is -1.60. The minimum Gasteiger partial charge on any atom is -0.478 e. The number of esters is 1. The van der Waals surface area contributed by atoms with Gasteiger partial charge in [-0.05, 0) is 54.4 Å². The van der Waals surface area contributed by atoms with Crippen LogP contribution in [-0.2, 0) is 21.2 Å². The molecule has 0 radical (unpaired) electrons. The number of rotatable bonds is 4.